The monoisotopic (exact) mass is 682 g/mol. The second-order valence-corrected chi connectivity index (χ2v) is 18.4. The molecule has 0 amide bonds. The van der Waals surface area contributed by atoms with Gasteiger partial charge in [0.1, 0.15) is 5.58 Å². The van der Waals surface area contributed by atoms with Crippen LogP contribution in [0, 0.1) is 27.7 Å². The summed E-state index contributed by atoms with van der Waals surface area (Å²) in [4.78, 5) is 5.04. The molecule has 6 aromatic rings. The molecule has 0 bridgehead atoms. The van der Waals surface area contributed by atoms with Crippen molar-refractivity contribution in [2.24, 2.45) is 0 Å². The van der Waals surface area contributed by atoms with Gasteiger partial charge < -0.3 is 9.32 Å². The minimum Gasteiger partial charge on any atom is -0.440 e. The average Bonchev–Trinajstić information content (AvgIpc) is 3.45. The van der Waals surface area contributed by atoms with Crippen LogP contribution in [0.5, 0.6) is 0 Å². The maximum absolute atomic E-state index is 7.02. The fraction of sp³-hybridized carbons (Fsp3) is 0.333. The van der Waals surface area contributed by atoms with E-state index < -0.39 is 0 Å². The molecule has 5 aromatic carbocycles. The number of fused-ring (bicyclic) bond motifs is 7. The minimum atomic E-state index is 0.0118. The highest BCUT2D eigenvalue weighted by Crippen LogP contribution is 2.51. The van der Waals surface area contributed by atoms with Crippen molar-refractivity contribution in [3.8, 4) is 0 Å². The van der Waals surface area contributed by atoms with Crippen LogP contribution in [0.1, 0.15) is 100 Å². The van der Waals surface area contributed by atoms with E-state index in [1.807, 2.05) is 0 Å². The maximum Gasteiger partial charge on any atom is 0.257 e. The molecule has 0 radical (unpaired) electrons. The van der Waals surface area contributed by atoms with E-state index in [0.29, 0.717) is 0 Å². The van der Waals surface area contributed by atoms with Crippen LogP contribution in [0.2, 0.25) is 0 Å². The lowest BCUT2D eigenvalue weighted by molar-refractivity contribution is 0.332. The number of furan rings is 1. The van der Waals surface area contributed by atoms with E-state index in [2.05, 4.69) is 171 Å². The number of para-hydroxylation sites is 1. The van der Waals surface area contributed by atoms with Crippen LogP contribution < -0.4 is 26.2 Å². The molecule has 0 saturated carbocycles. The van der Waals surface area contributed by atoms with Gasteiger partial charge in [-0.05, 0) is 137 Å². The third-order valence-corrected chi connectivity index (χ3v) is 12.6. The molecule has 1 aromatic heterocycles. The van der Waals surface area contributed by atoms with Crippen molar-refractivity contribution in [1.29, 1.82) is 0 Å². The molecule has 0 N–H and O–H groups in total. The molecule has 0 saturated heterocycles. The molecule has 0 unspecified atom stereocenters. The van der Waals surface area contributed by atoms with Gasteiger partial charge in [0.15, 0.2) is 0 Å². The van der Waals surface area contributed by atoms with Gasteiger partial charge in [-0.15, -0.1) is 0 Å². The standard InChI is InChI=1S/C48H51BN2O/c1-28-22-30(3)44(31(4)23-28)51-38-27-36-35(47(8,9)20-21-48(36,10)11)26-37(38)49-42-34-14-12-13-15-41(34)52-45(42)50(39-24-29(2)25-40(51)43(39)49)33-18-16-32(17-19-33)46(5,6)7/h12-19,22-27H,20-21H2,1-11H3. The summed E-state index contributed by atoms with van der Waals surface area (Å²) in [5.41, 5.74) is 20.7. The number of hydrogen-bond donors (Lipinski definition) is 0. The van der Waals surface area contributed by atoms with Gasteiger partial charge in [-0.1, -0.05) is 103 Å². The zero-order chi connectivity index (χ0) is 36.6. The quantitative estimate of drug-likeness (QED) is 0.169. The molecular weight excluding hydrogens is 631 g/mol. The van der Waals surface area contributed by atoms with E-state index in [9.17, 15) is 0 Å². The van der Waals surface area contributed by atoms with Crippen molar-refractivity contribution in [3.05, 3.63) is 124 Å². The molecule has 52 heavy (non-hydrogen) atoms. The maximum atomic E-state index is 7.02. The van der Waals surface area contributed by atoms with Gasteiger partial charge in [0.05, 0.1) is 5.69 Å². The molecule has 0 spiro atoms. The van der Waals surface area contributed by atoms with Gasteiger partial charge in [-0.25, -0.2) is 0 Å². The van der Waals surface area contributed by atoms with Crippen molar-refractivity contribution in [3.63, 3.8) is 0 Å². The Kier molecular flexibility index (Phi) is 6.96. The predicted molar refractivity (Wildman–Crippen MR) is 223 cm³/mol. The Morgan fingerprint density at radius 3 is 1.85 bits per heavy atom. The van der Waals surface area contributed by atoms with E-state index in [1.165, 1.54) is 96.3 Å². The third-order valence-electron chi connectivity index (χ3n) is 12.6. The average molecular weight is 683 g/mol. The van der Waals surface area contributed by atoms with Crippen molar-refractivity contribution in [1.82, 2.24) is 0 Å². The second-order valence-electron chi connectivity index (χ2n) is 18.4. The Hall–Kier alpha value is -4.70. The summed E-state index contributed by atoms with van der Waals surface area (Å²) in [7, 11) is 0. The van der Waals surface area contributed by atoms with Crippen LogP contribution in [0.3, 0.4) is 0 Å². The van der Waals surface area contributed by atoms with Crippen LogP contribution in [-0.2, 0) is 16.2 Å². The smallest absolute Gasteiger partial charge is 0.257 e. The molecule has 3 nitrogen and oxygen atoms in total. The molecule has 1 aliphatic carbocycles. The fourth-order valence-corrected chi connectivity index (χ4v) is 9.79. The number of hydrogen-bond acceptors (Lipinski definition) is 3. The molecule has 3 aliphatic rings. The first kappa shape index (κ1) is 33.2. The van der Waals surface area contributed by atoms with Crippen LogP contribution in [-0.4, -0.2) is 6.71 Å². The molecule has 2 aliphatic heterocycles. The van der Waals surface area contributed by atoms with Gasteiger partial charge in [-0.3, -0.25) is 4.90 Å². The van der Waals surface area contributed by atoms with Gasteiger partial charge in [-0.2, -0.15) is 0 Å². The van der Waals surface area contributed by atoms with Crippen LogP contribution in [0.25, 0.3) is 11.0 Å². The molecule has 9 rings (SSSR count). The first-order valence-electron chi connectivity index (χ1n) is 19.2. The van der Waals surface area contributed by atoms with Gasteiger partial charge >= 0.3 is 0 Å². The fourth-order valence-electron chi connectivity index (χ4n) is 9.79. The Balaban J connectivity index is 1.43. The lowest BCUT2D eigenvalue weighted by Gasteiger charge is -2.47. The topological polar surface area (TPSA) is 19.6 Å². The predicted octanol–water partition coefficient (Wildman–Crippen LogP) is 11.4. The lowest BCUT2D eigenvalue weighted by atomic mass is 9.33. The summed E-state index contributed by atoms with van der Waals surface area (Å²) in [6.45, 7) is 25.7. The first-order chi connectivity index (χ1) is 24.5. The minimum absolute atomic E-state index is 0.0118. The van der Waals surface area contributed by atoms with Gasteiger partial charge in [0.2, 0.25) is 5.88 Å². The van der Waals surface area contributed by atoms with Crippen molar-refractivity contribution < 1.29 is 4.42 Å². The SMILES string of the molecule is Cc1cc(C)c(N2c3cc4c(cc3B3c5c(cc(C)cc52)N(c2ccc(C(C)(C)C)cc2)c2oc5ccccc5c23)C(C)(C)CCC4(C)C)c(C)c1. The zero-order valence-electron chi connectivity index (χ0n) is 32.9. The Labute approximate surface area is 310 Å². The van der Waals surface area contributed by atoms with Crippen molar-refractivity contribution >= 4 is 68.4 Å². The van der Waals surface area contributed by atoms with Crippen LogP contribution in [0.15, 0.2) is 89.3 Å². The second kappa shape index (κ2) is 10.9. The largest absolute Gasteiger partial charge is 0.440 e. The van der Waals surface area contributed by atoms with Crippen LogP contribution >= 0.6 is 0 Å². The Morgan fingerprint density at radius 2 is 1.21 bits per heavy atom. The highest BCUT2D eigenvalue weighted by molar-refractivity contribution is 7.01. The van der Waals surface area contributed by atoms with E-state index in [1.54, 1.807) is 0 Å². The van der Waals surface area contributed by atoms with E-state index in [-0.39, 0.29) is 23.0 Å². The lowest BCUT2D eigenvalue weighted by Crippen LogP contribution is -2.61. The summed E-state index contributed by atoms with van der Waals surface area (Å²) >= 11 is 0. The highest BCUT2D eigenvalue weighted by atomic mass is 16.4. The van der Waals surface area contributed by atoms with Gasteiger partial charge in [0.25, 0.3) is 6.71 Å². The van der Waals surface area contributed by atoms with Gasteiger partial charge in [0, 0.05) is 33.6 Å². The number of rotatable bonds is 2. The number of aryl methyl sites for hydroxylation is 4. The molecule has 4 heteroatoms. The molecule has 3 heterocycles. The Bertz CT molecular complexity index is 2430. The number of nitrogens with zero attached hydrogens (tertiary/aromatic N) is 2. The molecule has 0 atom stereocenters. The highest BCUT2D eigenvalue weighted by Gasteiger charge is 2.48. The summed E-state index contributed by atoms with van der Waals surface area (Å²) in [5.74, 6) is 0.929. The Morgan fingerprint density at radius 1 is 0.635 bits per heavy atom. The number of benzene rings is 5. The van der Waals surface area contributed by atoms with Crippen molar-refractivity contribution in [2.45, 2.75) is 105 Å². The van der Waals surface area contributed by atoms with E-state index in [4.69, 9.17) is 4.42 Å². The summed E-state index contributed by atoms with van der Waals surface area (Å²) in [6, 6.07) is 32.6. The van der Waals surface area contributed by atoms with E-state index >= 15 is 0 Å². The summed E-state index contributed by atoms with van der Waals surface area (Å²) < 4.78 is 7.02. The molecule has 0 fully saturated rings. The summed E-state index contributed by atoms with van der Waals surface area (Å²) in [6.07, 6.45) is 2.35. The first-order valence-corrected chi connectivity index (χ1v) is 19.2. The molecule has 262 valence electrons. The third kappa shape index (κ3) is 4.72. The van der Waals surface area contributed by atoms with Crippen LogP contribution in [0.4, 0.5) is 34.3 Å². The normalized spacial score (nSPS) is 16.8. The number of anilines is 6. The zero-order valence-corrected chi connectivity index (χ0v) is 32.9. The van der Waals surface area contributed by atoms with E-state index in [0.717, 1.165) is 17.2 Å². The summed E-state index contributed by atoms with van der Waals surface area (Å²) in [5, 5.41) is 1.19. The molecular formula is C48H51BN2O. The van der Waals surface area contributed by atoms with Crippen molar-refractivity contribution in [2.75, 3.05) is 9.80 Å².